The van der Waals surface area contributed by atoms with Crippen LogP contribution in [0.1, 0.15) is 92.5 Å². The molecule has 0 amide bonds. The topological polar surface area (TPSA) is 0 Å². The standard InChI is InChI=1S/C21H25.C15H8F6.C5H5.2ClH.Hf/c1-20(2,3)16-9-7-14-11-15-8-10-17(21(4,5)6)13-19(15)18(14)12-16;16-14(17,18)12-5-1-3-10(8-12)7-11-4-2-6-13(9-11)15(19,20)21;1-2-4-5-3-1;;;/h7,9-10,12-13H,11H2,1-6H3;1-6,8-9H;1-3H,4H2;2*1H;. The van der Waals surface area contributed by atoms with Crippen molar-refractivity contribution >= 4 is 31.4 Å². The van der Waals surface area contributed by atoms with Crippen molar-refractivity contribution in [2.24, 2.45) is 0 Å². The molecule has 6 rings (SSSR count). The number of hydrogen-bond donors (Lipinski definition) is 0. The van der Waals surface area contributed by atoms with E-state index in [1.54, 1.807) is 12.1 Å². The average molecular weight is 896 g/mol. The summed E-state index contributed by atoms with van der Waals surface area (Å²) >= 11 is -3.82. The van der Waals surface area contributed by atoms with Gasteiger partial charge in [-0.1, -0.05) is 0 Å². The van der Waals surface area contributed by atoms with Gasteiger partial charge in [-0.05, 0) is 0 Å². The van der Waals surface area contributed by atoms with Gasteiger partial charge < -0.3 is 0 Å². The summed E-state index contributed by atoms with van der Waals surface area (Å²) in [6, 6.07) is 21.4. The third-order valence-electron chi connectivity index (χ3n) is 9.32. The molecule has 0 N–H and O–H groups in total. The van der Waals surface area contributed by atoms with Gasteiger partial charge in [0.2, 0.25) is 0 Å². The first-order valence-corrected chi connectivity index (χ1v) is 21.5. The van der Waals surface area contributed by atoms with Crippen LogP contribution in [0.4, 0.5) is 26.3 Å². The second kappa shape index (κ2) is 14.4. The number of halogens is 8. The van der Waals surface area contributed by atoms with E-state index in [1.807, 2.05) is 12.2 Å². The largest absolute Gasteiger partial charge is 0.147 e. The zero-order valence-electron chi connectivity index (χ0n) is 28.7. The molecule has 0 saturated heterocycles. The SMILES string of the molecule is CC(C)(C)c1ccc2c(c1)-c1cc(C(C)(C)C)c[c]([Hf]([C]3=CC=CC3)=[C](c3cccc(C(F)(F)F)c3)c3cccc(C(F)(F)F)c3)c1C2.Cl.Cl. The van der Waals surface area contributed by atoms with E-state index < -0.39 is 44.4 Å². The summed E-state index contributed by atoms with van der Waals surface area (Å²) in [4.78, 5) is 0. The van der Waals surface area contributed by atoms with Gasteiger partial charge in [-0.15, -0.1) is 24.8 Å². The fourth-order valence-corrected chi connectivity index (χ4v) is 18.3. The third-order valence-corrected chi connectivity index (χ3v) is 20.4. The normalized spacial score (nSPS) is 14.0. The fraction of sp³-hybridized carbons (Fsp3) is 0.293. The van der Waals surface area contributed by atoms with Gasteiger partial charge in [-0.25, -0.2) is 0 Å². The van der Waals surface area contributed by atoms with Crippen molar-refractivity contribution in [2.45, 2.75) is 77.6 Å². The van der Waals surface area contributed by atoms with Crippen molar-refractivity contribution in [1.82, 2.24) is 0 Å². The molecule has 9 heteroatoms. The molecule has 0 fully saturated rings. The summed E-state index contributed by atoms with van der Waals surface area (Å²) in [7, 11) is 0. The quantitative estimate of drug-likeness (QED) is 0.125. The first kappa shape index (κ1) is 40.0. The van der Waals surface area contributed by atoms with E-state index in [-0.39, 0.29) is 35.6 Å². The molecular weight excluding hydrogens is 856 g/mol. The molecule has 0 spiro atoms. The number of fused-ring (bicyclic) bond motifs is 3. The number of hydrogen-bond acceptors (Lipinski definition) is 0. The third kappa shape index (κ3) is 8.00. The monoisotopic (exact) mass is 896 g/mol. The van der Waals surface area contributed by atoms with Crippen molar-refractivity contribution in [3.63, 3.8) is 0 Å². The molecule has 0 aromatic heterocycles. The Bertz CT molecular complexity index is 1960. The number of benzene rings is 4. The predicted molar refractivity (Wildman–Crippen MR) is 194 cm³/mol. The summed E-state index contributed by atoms with van der Waals surface area (Å²) in [5.74, 6) is 0. The van der Waals surface area contributed by atoms with Crippen molar-refractivity contribution in [2.75, 3.05) is 0 Å². The van der Waals surface area contributed by atoms with Crippen molar-refractivity contribution in [3.8, 4) is 11.1 Å². The number of alkyl halides is 6. The molecule has 0 heterocycles. The van der Waals surface area contributed by atoms with E-state index >= 15 is 0 Å². The molecule has 0 atom stereocenters. The van der Waals surface area contributed by atoms with Crippen LogP contribution >= 0.6 is 24.8 Å². The molecule has 4 aromatic rings. The molecule has 2 aliphatic rings. The summed E-state index contributed by atoms with van der Waals surface area (Å²) in [5, 5.41) is 0. The minimum Gasteiger partial charge on any atom is -0.147 e. The van der Waals surface area contributed by atoms with Gasteiger partial charge in [0.25, 0.3) is 0 Å². The van der Waals surface area contributed by atoms with Crippen LogP contribution in [0.25, 0.3) is 11.1 Å². The Morgan fingerprint density at radius 1 is 0.600 bits per heavy atom. The fourth-order valence-electron chi connectivity index (χ4n) is 6.66. The predicted octanol–water partition coefficient (Wildman–Crippen LogP) is 12.1. The van der Waals surface area contributed by atoms with E-state index in [0.29, 0.717) is 27.2 Å². The van der Waals surface area contributed by atoms with E-state index in [9.17, 15) is 26.3 Å². The second-order valence-corrected chi connectivity index (χ2v) is 23.6. The minimum absolute atomic E-state index is 0. The van der Waals surface area contributed by atoms with Crippen LogP contribution in [-0.2, 0) is 50.6 Å². The molecular formula is C41H40Cl2F6Hf. The summed E-state index contributed by atoms with van der Waals surface area (Å²) < 4.78 is 87.8. The molecule has 4 aromatic carbocycles. The van der Waals surface area contributed by atoms with Crippen LogP contribution in [0, 0.1) is 0 Å². The smallest absolute Gasteiger partial charge is 0.147 e. The van der Waals surface area contributed by atoms with E-state index in [2.05, 4.69) is 78.0 Å². The number of rotatable bonds is 4. The maximum atomic E-state index is 14.1. The first-order valence-electron chi connectivity index (χ1n) is 16.1. The molecule has 0 saturated carbocycles. The maximum Gasteiger partial charge on any atom is -0.147 e. The van der Waals surface area contributed by atoms with Gasteiger partial charge in [0.1, 0.15) is 0 Å². The molecule has 0 nitrogen and oxygen atoms in total. The van der Waals surface area contributed by atoms with Crippen LogP contribution in [0.5, 0.6) is 0 Å². The molecule has 50 heavy (non-hydrogen) atoms. The Hall–Kier alpha value is -2.74. The van der Waals surface area contributed by atoms with Crippen LogP contribution in [0.2, 0.25) is 0 Å². The van der Waals surface area contributed by atoms with Gasteiger partial charge >= 0.3 is 287 Å². The minimum atomic E-state index is -4.60. The Kier molecular flexibility index (Phi) is 11.5. The summed E-state index contributed by atoms with van der Waals surface area (Å²) in [5.41, 5.74) is 5.65. The number of allylic oxidation sites excluding steroid dienone is 4. The molecule has 0 bridgehead atoms. The Morgan fingerprint density at radius 2 is 1.14 bits per heavy atom. The maximum absolute atomic E-state index is 14.1. The van der Waals surface area contributed by atoms with Crippen LogP contribution < -0.4 is 3.32 Å². The molecule has 2 aliphatic carbocycles. The van der Waals surface area contributed by atoms with Gasteiger partial charge in [0.05, 0.1) is 0 Å². The Balaban J connectivity index is 0.00000281. The second-order valence-electron chi connectivity index (χ2n) is 14.8. The molecule has 264 valence electrons. The van der Waals surface area contributed by atoms with Gasteiger partial charge in [-0.3, -0.25) is 0 Å². The van der Waals surface area contributed by atoms with E-state index in [0.717, 1.165) is 53.2 Å². The first-order chi connectivity index (χ1) is 22.3. The van der Waals surface area contributed by atoms with Crippen LogP contribution in [0.15, 0.2) is 100 Å². The summed E-state index contributed by atoms with van der Waals surface area (Å²) in [6.07, 6.45) is -1.86. The summed E-state index contributed by atoms with van der Waals surface area (Å²) in [6.45, 7) is 13.0. The Labute approximate surface area is 310 Å². The van der Waals surface area contributed by atoms with Gasteiger partial charge in [0, 0.05) is 0 Å². The molecule has 0 aliphatic heterocycles. The van der Waals surface area contributed by atoms with E-state index in [1.165, 1.54) is 23.3 Å². The van der Waals surface area contributed by atoms with Crippen molar-refractivity contribution < 1.29 is 47.3 Å². The molecule has 0 radical (unpaired) electrons. The van der Waals surface area contributed by atoms with Gasteiger partial charge in [0.15, 0.2) is 0 Å². The molecule has 0 unspecified atom stereocenters. The zero-order chi connectivity index (χ0) is 34.8. The Morgan fingerprint density at radius 3 is 1.62 bits per heavy atom. The zero-order valence-corrected chi connectivity index (χ0v) is 34.0. The van der Waals surface area contributed by atoms with Crippen LogP contribution in [-0.4, -0.2) is 3.26 Å². The van der Waals surface area contributed by atoms with Crippen molar-refractivity contribution in [1.29, 1.82) is 0 Å². The van der Waals surface area contributed by atoms with E-state index in [4.69, 9.17) is 0 Å². The van der Waals surface area contributed by atoms with Crippen molar-refractivity contribution in [3.05, 3.63) is 145 Å². The van der Waals surface area contributed by atoms with Gasteiger partial charge in [-0.2, -0.15) is 0 Å². The average Bonchev–Trinajstić information content (AvgIpc) is 3.66. The van der Waals surface area contributed by atoms with Crippen LogP contribution in [0.3, 0.4) is 0 Å².